The Morgan fingerprint density at radius 2 is 1.21 bits per heavy atom. The fourth-order valence-electron chi connectivity index (χ4n) is 3.27. The number of alkyl carbamates (subject to hydrolysis) is 1. The van der Waals surface area contributed by atoms with Gasteiger partial charge in [-0.1, -0.05) is 91.0 Å². The smallest absolute Gasteiger partial charge is 0.408 e. The summed E-state index contributed by atoms with van der Waals surface area (Å²) < 4.78 is 10.4. The lowest BCUT2D eigenvalue weighted by atomic mass is 10.2. The number of hydrogen-bond acceptors (Lipinski definition) is 7. The number of carbonyl (C=O) groups is 4. The van der Waals surface area contributed by atoms with Crippen molar-refractivity contribution in [3.05, 3.63) is 108 Å². The summed E-state index contributed by atoms with van der Waals surface area (Å²) in [5, 5.41) is 7.50. The molecule has 3 rings (SSSR count). The first-order chi connectivity index (χ1) is 19.0. The van der Waals surface area contributed by atoms with Crippen LogP contribution in [-0.4, -0.2) is 48.8 Å². The van der Waals surface area contributed by atoms with Crippen molar-refractivity contribution in [1.82, 2.24) is 16.0 Å². The highest BCUT2D eigenvalue weighted by molar-refractivity contribution is 7.98. The molecule has 0 radical (unpaired) electrons. The van der Waals surface area contributed by atoms with Crippen molar-refractivity contribution >= 4 is 35.6 Å². The molecule has 0 aromatic heterocycles. The topological polar surface area (TPSA) is 123 Å². The number of nitrogens with one attached hydrogen (secondary N) is 3. The molecule has 0 saturated carbocycles. The van der Waals surface area contributed by atoms with E-state index in [9.17, 15) is 19.2 Å². The van der Waals surface area contributed by atoms with Gasteiger partial charge in [0.2, 0.25) is 11.8 Å². The van der Waals surface area contributed by atoms with Crippen LogP contribution in [0.15, 0.2) is 91.0 Å². The molecule has 0 unspecified atom stereocenters. The Hall–Kier alpha value is -4.31. The SMILES string of the molecule is O=C(CNC(=O)[C@H](CSCc1ccccc1)NC(=O)OCc1ccccc1)NCC(=O)OCc1ccccc1. The van der Waals surface area contributed by atoms with Gasteiger partial charge >= 0.3 is 12.1 Å². The van der Waals surface area contributed by atoms with Crippen LogP contribution in [0, 0.1) is 0 Å². The zero-order valence-electron chi connectivity index (χ0n) is 21.3. The Labute approximate surface area is 231 Å². The monoisotopic (exact) mass is 549 g/mol. The first-order valence-corrected chi connectivity index (χ1v) is 13.5. The molecule has 39 heavy (non-hydrogen) atoms. The van der Waals surface area contributed by atoms with Crippen molar-refractivity contribution in [3.8, 4) is 0 Å². The largest absolute Gasteiger partial charge is 0.460 e. The van der Waals surface area contributed by atoms with Crippen molar-refractivity contribution in [2.75, 3.05) is 18.8 Å². The van der Waals surface area contributed by atoms with Crippen molar-refractivity contribution in [1.29, 1.82) is 0 Å². The van der Waals surface area contributed by atoms with Crippen LogP contribution >= 0.6 is 11.8 Å². The van der Waals surface area contributed by atoms with Crippen LogP contribution in [0.4, 0.5) is 4.79 Å². The van der Waals surface area contributed by atoms with E-state index >= 15 is 0 Å². The zero-order valence-corrected chi connectivity index (χ0v) is 22.2. The Morgan fingerprint density at radius 3 is 1.79 bits per heavy atom. The highest BCUT2D eigenvalue weighted by Crippen LogP contribution is 2.13. The van der Waals surface area contributed by atoms with Gasteiger partial charge in [-0.05, 0) is 16.7 Å². The number of esters is 1. The molecule has 3 amide bonds. The summed E-state index contributed by atoms with van der Waals surface area (Å²) in [5.74, 6) is -0.820. The predicted octanol–water partition coefficient (Wildman–Crippen LogP) is 3.19. The van der Waals surface area contributed by atoms with E-state index in [0.29, 0.717) is 5.75 Å². The fourth-order valence-corrected chi connectivity index (χ4v) is 4.29. The maximum Gasteiger partial charge on any atom is 0.408 e. The van der Waals surface area contributed by atoms with Gasteiger partial charge in [0.15, 0.2) is 0 Å². The van der Waals surface area contributed by atoms with Gasteiger partial charge in [-0.2, -0.15) is 11.8 Å². The van der Waals surface area contributed by atoms with E-state index in [4.69, 9.17) is 9.47 Å². The lowest BCUT2D eigenvalue weighted by molar-refractivity contribution is -0.145. The number of carbonyl (C=O) groups excluding carboxylic acids is 4. The van der Waals surface area contributed by atoms with E-state index in [-0.39, 0.29) is 32.1 Å². The number of amides is 3. The standard InChI is InChI=1S/C29H31N3O6S/c33-26(30-17-27(34)37-18-22-10-4-1-5-11-22)16-31-28(35)25(21-39-20-24-14-8-3-9-15-24)32-29(36)38-19-23-12-6-2-7-13-23/h1-15,25H,16-21H2,(H,30,33)(H,31,35)(H,32,36)/t25-/m0/s1. The van der Waals surface area contributed by atoms with E-state index in [1.807, 2.05) is 91.0 Å². The van der Waals surface area contributed by atoms with E-state index in [0.717, 1.165) is 16.7 Å². The Bertz CT molecular complexity index is 1200. The van der Waals surface area contributed by atoms with E-state index in [2.05, 4.69) is 16.0 Å². The van der Waals surface area contributed by atoms with Crippen LogP contribution in [0.3, 0.4) is 0 Å². The molecule has 1 atom stereocenters. The molecule has 9 nitrogen and oxygen atoms in total. The molecule has 204 valence electrons. The summed E-state index contributed by atoms with van der Waals surface area (Å²) in [7, 11) is 0. The second-order valence-corrected chi connectivity index (χ2v) is 9.43. The molecule has 0 spiro atoms. The maximum atomic E-state index is 12.8. The van der Waals surface area contributed by atoms with E-state index in [1.165, 1.54) is 11.8 Å². The summed E-state index contributed by atoms with van der Waals surface area (Å²) in [6.45, 7) is -0.547. The number of hydrogen-bond donors (Lipinski definition) is 3. The summed E-state index contributed by atoms with van der Waals surface area (Å²) in [4.78, 5) is 49.3. The van der Waals surface area contributed by atoms with Gasteiger partial charge in [0, 0.05) is 11.5 Å². The minimum Gasteiger partial charge on any atom is -0.460 e. The first kappa shape index (κ1) is 29.2. The summed E-state index contributed by atoms with van der Waals surface area (Å²) in [6.07, 6.45) is -0.745. The zero-order chi connectivity index (χ0) is 27.7. The molecule has 3 aromatic rings. The van der Waals surface area contributed by atoms with Gasteiger partial charge in [0.05, 0.1) is 6.54 Å². The van der Waals surface area contributed by atoms with Crippen molar-refractivity contribution in [2.45, 2.75) is 25.0 Å². The Balaban J connectivity index is 1.44. The van der Waals surface area contributed by atoms with E-state index in [1.54, 1.807) is 0 Å². The maximum absolute atomic E-state index is 12.8. The third-order valence-electron chi connectivity index (χ3n) is 5.31. The lowest BCUT2D eigenvalue weighted by Gasteiger charge is -2.18. The highest BCUT2D eigenvalue weighted by atomic mass is 32.2. The van der Waals surface area contributed by atoms with Gasteiger partial charge in [-0.3, -0.25) is 14.4 Å². The van der Waals surface area contributed by atoms with E-state index < -0.39 is 29.9 Å². The predicted molar refractivity (Wildman–Crippen MR) is 148 cm³/mol. The normalized spacial score (nSPS) is 11.1. The molecule has 0 heterocycles. The van der Waals surface area contributed by atoms with Crippen LogP contribution in [0.5, 0.6) is 0 Å². The molecule has 0 saturated heterocycles. The fraction of sp³-hybridized carbons (Fsp3) is 0.241. The average Bonchev–Trinajstić information content (AvgIpc) is 2.97. The molecule has 3 aromatic carbocycles. The molecule has 10 heteroatoms. The van der Waals surface area contributed by atoms with Gasteiger partial charge < -0.3 is 25.4 Å². The van der Waals surface area contributed by atoms with Crippen LogP contribution < -0.4 is 16.0 Å². The number of ether oxygens (including phenoxy) is 2. The first-order valence-electron chi connectivity index (χ1n) is 12.3. The van der Waals surface area contributed by atoms with Crippen molar-refractivity contribution in [2.24, 2.45) is 0 Å². The summed E-state index contributed by atoms with van der Waals surface area (Å²) >= 11 is 1.46. The second kappa shape index (κ2) is 16.5. The van der Waals surface area contributed by atoms with Gasteiger partial charge in [-0.15, -0.1) is 0 Å². The van der Waals surface area contributed by atoms with Crippen LogP contribution in [0.2, 0.25) is 0 Å². The molecule has 3 N–H and O–H groups in total. The number of benzene rings is 3. The molecular formula is C29H31N3O6S. The summed E-state index contributed by atoms with van der Waals surface area (Å²) in [5.41, 5.74) is 2.72. The average molecular weight is 550 g/mol. The molecular weight excluding hydrogens is 518 g/mol. The van der Waals surface area contributed by atoms with Crippen LogP contribution in [-0.2, 0) is 42.8 Å². The molecule has 0 fully saturated rings. The number of rotatable bonds is 14. The minimum absolute atomic E-state index is 0.0565. The van der Waals surface area contributed by atoms with Gasteiger partial charge in [0.1, 0.15) is 25.8 Å². The molecule has 0 aliphatic rings. The number of thioether (sulfide) groups is 1. The minimum atomic E-state index is -0.939. The van der Waals surface area contributed by atoms with Crippen molar-refractivity contribution < 1.29 is 28.7 Å². The summed E-state index contributed by atoms with van der Waals surface area (Å²) in [6, 6.07) is 27.1. The molecule has 0 aliphatic heterocycles. The lowest BCUT2D eigenvalue weighted by Crippen LogP contribution is -2.50. The Kier molecular flexibility index (Phi) is 12.4. The van der Waals surface area contributed by atoms with Crippen LogP contribution in [0.1, 0.15) is 16.7 Å². The molecule has 0 bridgehead atoms. The van der Waals surface area contributed by atoms with Crippen LogP contribution in [0.25, 0.3) is 0 Å². The second-order valence-electron chi connectivity index (χ2n) is 8.40. The highest BCUT2D eigenvalue weighted by Gasteiger charge is 2.22. The quantitative estimate of drug-likeness (QED) is 0.264. The van der Waals surface area contributed by atoms with Gasteiger partial charge in [0.25, 0.3) is 0 Å². The third-order valence-corrected chi connectivity index (χ3v) is 6.42. The van der Waals surface area contributed by atoms with Crippen molar-refractivity contribution in [3.63, 3.8) is 0 Å². The Morgan fingerprint density at radius 1 is 0.667 bits per heavy atom. The third kappa shape index (κ3) is 11.7. The molecule has 0 aliphatic carbocycles. The van der Waals surface area contributed by atoms with Gasteiger partial charge in [-0.25, -0.2) is 4.79 Å².